The first kappa shape index (κ1) is 12.2. The van der Waals surface area contributed by atoms with Crippen LogP contribution >= 0.6 is 27.5 Å². The normalized spacial score (nSPS) is 22.2. The van der Waals surface area contributed by atoms with E-state index < -0.39 is 11.6 Å². The highest BCUT2D eigenvalue weighted by Crippen LogP contribution is 2.50. The Bertz CT molecular complexity index is 609. The molecule has 1 N–H and O–H groups in total. The van der Waals surface area contributed by atoms with Gasteiger partial charge in [-0.05, 0) is 57.5 Å². The summed E-state index contributed by atoms with van der Waals surface area (Å²) in [5, 5.41) is 9.59. The molecule has 0 fully saturated rings. The van der Waals surface area contributed by atoms with Gasteiger partial charge in [-0.15, -0.1) is 0 Å². The standard InChI is InChI=1S/C13H9BrClFO2/c14-11-9(17)2-1-5-3-7-6(10(5)11)4-8(16)13(18)12(7)15/h4-5,18H,1-3H2. The van der Waals surface area contributed by atoms with Gasteiger partial charge in [-0.3, -0.25) is 4.79 Å². The molecule has 0 heterocycles. The van der Waals surface area contributed by atoms with Crippen LogP contribution in [0, 0.1) is 11.7 Å². The molecule has 0 bridgehead atoms. The number of phenols is 1. The molecule has 2 aliphatic rings. The highest BCUT2D eigenvalue weighted by Gasteiger charge is 2.37. The number of fused-ring (bicyclic) bond motifs is 3. The number of ketones is 1. The fourth-order valence-electron chi connectivity index (χ4n) is 2.77. The van der Waals surface area contributed by atoms with Crippen molar-refractivity contribution in [1.82, 2.24) is 0 Å². The Kier molecular flexibility index (Phi) is 2.75. The van der Waals surface area contributed by atoms with E-state index in [1.165, 1.54) is 6.07 Å². The third-order valence-corrected chi connectivity index (χ3v) is 4.92. The molecule has 1 atom stereocenters. The van der Waals surface area contributed by atoms with Crippen LogP contribution in [0.5, 0.6) is 5.75 Å². The van der Waals surface area contributed by atoms with E-state index in [0.717, 1.165) is 17.6 Å². The number of carbonyl (C=O) groups is 1. The summed E-state index contributed by atoms with van der Waals surface area (Å²) in [4.78, 5) is 11.7. The lowest BCUT2D eigenvalue weighted by Crippen LogP contribution is -2.13. The molecule has 94 valence electrons. The maximum absolute atomic E-state index is 13.6. The molecule has 2 nitrogen and oxygen atoms in total. The SMILES string of the molecule is O=C1CCC2Cc3c(cc(F)c(O)c3Cl)C2=C1Br. The Labute approximate surface area is 117 Å². The van der Waals surface area contributed by atoms with Crippen molar-refractivity contribution >= 4 is 38.9 Å². The summed E-state index contributed by atoms with van der Waals surface area (Å²) >= 11 is 9.28. The van der Waals surface area contributed by atoms with Gasteiger partial charge in [0.25, 0.3) is 0 Å². The van der Waals surface area contributed by atoms with Gasteiger partial charge in [0.2, 0.25) is 0 Å². The van der Waals surface area contributed by atoms with E-state index in [-0.39, 0.29) is 16.7 Å². The van der Waals surface area contributed by atoms with E-state index >= 15 is 0 Å². The minimum atomic E-state index is -0.745. The van der Waals surface area contributed by atoms with Gasteiger partial charge < -0.3 is 5.11 Å². The van der Waals surface area contributed by atoms with E-state index in [0.29, 0.717) is 22.9 Å². The molecule has 0 radical (unpaired) electrons. The number of Topliss-reactive ketones (excluding diaryl/α,β-unsaturated/α-hetero) is 1. The van der Waals surface area contributed by atoms with Crippen molar-refractivity contribution < 1.29 is 14.3 Å². The van der Waals surface area contributed by atoms with Gasteiger partial charge in [0, 0.05) is 6.42 Å². The molecule has 3 rings (SSSR count). The summed E-state index contributed by atoms with van der Waals surface area (Å²) in [5.74, 6) is -1.02. The Morgan fingerprint density at radius 2 is 2.22 bits per heavy atom. The maximum atomic E-state index is 13.6. The van der Waals surface area contributed by atoms with Crippen LogP contribution in [0.4, 0.5) is 4.39 Å². The van der Waals surface area contributed by atoms with Crippen LogP contribution in [0.3, 0.4) is 0 Å². The van der Waals surface area contributed by atoms with Crippen molar-refractivity contribution in [3.8, 4) is 5.75 Å². The molecule has 5 heteroatoms. The van der Waals surface area contributed by atoms with Crippen LogP contribution in [0.2, 0.25) is 5.02 Å². The van der Waals surface area contributed by atoms with Crippen LogP contribution in [0.15, 0.2) is 10.5 Å². The predicted octanol–water partition coefficient (Wildman–Crippen LogP) is 3.83. The number of allylic oxidation sites excluding steroid dienone is 2. The number of aromatic hydroxyl groups is 1. The minimum Gasteiger partial charge on any atom is -0.504 e. The molecular weight excluding hydrogens is 322 g/mol. The van der Waals surface area contributed by atoms with Gasteiger partial charge in [0.15, 0.2) is 17.3 Å². The lowest BCUT2D eigenvalue weighted by atomic mass is 9.88. The molecule has 0 aromatic heterocycles. The van der Waals surface area contributed by atoms with Crippen LogP contribution in [0.25, 0.3) is 5.57 Å². The summed E-state index contributed by atoms with van der Waals surface area (Å²) in [6.07, 6.45) is 1.89. The molecule has 1 aromatic rings. The van der Waals surface area contributed by atoms with E-state index in [1.807, 2.05) is 0 Å². The van der Waals surface area contributed by atoms with E-state index in [9.17, 15) is 14.3 Å². The Morgan fingerprint density at radius 3 is 2.94 bits per heavy atom. The summed E-state index contributed by atoms with van der Waals surface area (Å²) in [5.41, 5.74) is 2.23. The zero-order chi connectivity index (χ0) is 13.0. The highest BCUT2D eigenvalue weighted by molar-refractivity contribution is 9.12. The zero-order valence-electron chi connectivity index (χ0n) is 9.27. The van der Waals surface area contributed by atoms with Crippen molar-refractivity contribution in [3.05, 3.63) is 32.5 Å². The summed E-state index contributed by atoms with van der Waals surface area (Å²) in [6, 6.07) is 1.27. The van der Waals surface area contributed by atoms with Crippen LogP contribution < -0.4 is 0 Å². The Balaban J connectivity index is 2.29. The lowest BCUT2D eigenvalue weighted by Gasteiger charge is -2.19. The Morgan fingerprint density at radius 1 is 1.50 bits per heavy atom. The fourth-order valence-corrected chi connectivity index (χ4v) is 3.77. The van der Waals surface area contributed by atoms with Gasteiger partial charge in [0.1, 0.15) is 0 Å². The van der Waals surface area contributed by atoms with Gasteiger partial charge in [-0.1, -0.05) is 11.6 Å². The number of carbonyl (C=O) groups excluding carboxylic acids is 1. The minimum absolute atomic E-state index is 0.0405. The molecule has 0 saturated carbocycles. The van der Waals surface area contributed by atoms with E-state index in [2.05, 4.69) is 15.9 Å². The van der Waals surface area contributed by atoms with Crippen molar-refractivity contribution in [2.45, 2.75) is 19.3 Å². The predicted molar refractivity (Wildman–Crippen MR) is 70.4 cm³/mol. The molecule has 0 amide bonds. The van der Waals surface area contributed by atoms with E-state index in [1.54, 1.807) is 0 Å². The lowest BCUT2D eigenvalue weighted by molar-refractivity contribution is -0.115. The molecule has 1 unspecified atom stereocenters. The van der Waals surface area contributed by atoms with Crippen LogP contribution in [-0.4, -0.2) is 10.9 Å². The second-order valence-corrected chi connectivity index (χ2v) is 5.81. The highest BCUT2D eigenvalue weighted by atomic mass is 79.9. The number of hydrogen-bond donors (Lipinski definition) is 1. The van der Waals surface area contributed by atoms with Crippen LogP contribution in [-0.2, 0) is 11.2 Å². The molecule has 1 aromatic carbocycles. The first-order valence-corrected chi connectivity index (χ1v) is 6.81. The zero-order valence-corrected chi connectivity index (χ0v) is 11.6. The summed E-state index contributed by atoms with van der Waals surface area (Å²) < 4.78 is 14.1. The summed E-state index contributed by atoms with van der Waals surface area (Å²) in [6.45, 7) is 0. The molecule has 18 heavy (non-hydrogen) atoms. The smallest absolute Gasteiger partial charge is 0.170 e. The Hall–Kier alpha value is -0.870. The number of phenolic OH excluding ortho intramolecular Hbond substituents is 1. The fraction of sp³-hybridized carbons (Fsp3) is 0.308. The largest absolute Gasteiger partial charge is 0.504 e. The average Bonchev–Trinajstić information content (AvgIpc) is 2.70. The molecular formula is C13H9BrClFO2. The number of halogens is 3. The van der Waals surface area contributed by atoms with Crippen LogP contribution in [0.1, 0.15) is 24.0 Å². The molecule has 0 saturated heterocycles. The van der Waals surface area contributed by atoms with Gasteiger partial charge in [-0.25, -0.2) is 4.39 Å². The monoisotopic (exact) mass is 330 g/mol. The average molecular weight is 332 g/mol. The quantitative estimate of drug-likeness (QED) is 0.784. The third kappa shape index (κ3) is 1.55. The first-order chi connectivity index (χ1) is 8.50. The van der Waals surface area contributed by atoms with Crippen molar-refractivity contribution in [2.75, 3.05) is 0 Å². The molecule has 0 spiro atoms. The van der Waals surface area contributed by atoms with Gasteiger partial charge in [-0.2, -0.15) is 0 Å². The maximum Gasteiger partial charge on any atom is 0.170 e. The van der Waals surface area contributed by atoms with Crippen molar-refractivity contribution in [2.24, 2.45) is 5.92 Å². The third-order valence-electron chi connectivity index (χ3n) is 3.65. The topological polar surface area (TPSA) is 37.3 Å². The first-order valence-electron chi connectivity index (χ1n) is 5.63. The molecule has 2 aliphatic carbocycles. The van der Waals surface area contributed by atoms with Gasteiger partial charge >= 0.3 is 0 Å². The van der Waals surface area contributed by atoms with Crippen molar-refractivity contribution in [1.29, 1.82) is 0 Å². The molecule has 0 aliphatic heterocycles. The summed E-state index contributed by atoms with van der Waals surface area (Å²) in [7, 11) is 0. The number of benzene rings is 1. The van der Waals surface area contributed by atoms with Gasteiger partial charge in [0.05, 0.1) is 9.51 Å². The second kappa shape index (κ2) is 4.07. The second-order valence-electron chi connectivity index (χ2n) is 4.64. The number of rotatable bonds is 0. The number of hydrogen-bond acceptors (Lipinski definition) is 2. The van der Waals surface area contributed by atoms with Crippen molar-refractivity contribution in [3.63, 3.8) is 0 Å². The van der Waals surface area contributed by atoms with E-state index in [4.69, 9.17) is 11.6 Å².